The van der Waals surface area contributed by atoms with Crippen LogP contribution in [0.1, 0.15) is 10.9 Å². The van der Waals surface area contributed by atoms with Crippen molar-refractivity contribution < 1.29 is 9.53 Å². The molecule has 3 rings (SSSR count). The zero-order valence-corrected chi connectivity index (χ0v) is 8.29. The molecular weight excluding hydrogens is 198 g/mol. The van der Waals surface area contributed by atoms with Gasteiger partial charge in [0.1, 0.15) is 11.1 Å². The molecule has 1 unspecified atom stereocenters. The van der Waals surface area contributed by atoms with Crippen LogP contribution in [0, 0.1) is 0 Å². The number of amides is 1. The molecule has 14 heavy (non-hydrogen) atoms. The van der Waals surface area contributed by atoms with E-state index in [1.165, 1.54) is 0 Å². The fraction of sp³-hybridized carbons (Fsp3) is 0.300. The largest absolute Gasteiger partial charge is 0.416 e. The highest BCUT2D eigenvalue weighted by Gasteiger charge is 2.37. The van der Waals surface area contributed by atoms with Gasteiger partial charge < -0.3 is 4.74 Å². The van der Waals surface area contributed by atoms with Crippen LogP contribution in [0.3, 0.4) is 0 Å². The Morgan fingerprint density at radius 3 is 3.21 bits per heavy atom. The molecule has 2 aliphatic heterocycles. The molecule has 1 fully saturated rings. The summed E-state index contributed by atoms with van der Waals surface area (Å²) in [6, 6.07) is 7.75. The molecule has 1 aromatic rings. The van der Waals surface area contributed by atoms with Gasteiger partial charge in [0.25, 0.3) is 0 Å². The topological polar surface area (TPSA) is 29.5 Å². The lowest BCUT2D eigenvalue weighted by Gasteiger charge is -2.29. The van der Waals surface area contributed by atoms with Crippen molar-refractivity contribution in [1.29, 1.82) is 0 Å². The summed E-state index contributed by atoms with van der Waals surface area (Å²) in [6.07, 6.45) is -0.210. The number of thioether (sulfide) groups is 1. The Morgan fingerprint density at radius 1 is 1.43 bits per heavy atom. The lowest BCUT2D eigenvalue weighted by Crippen LogP contribution is -2.36. The normalized spacial score (nSPS) is 24.1. The summed E-state index contributed by atoms with van der Waals surface area (Å²) in [5.41, 5.74) is 1.12. The Balaban J connectivity index is 2.11. The Hall–Kier alpha value is -1.16. The molecule has 3 nitrogen and oxygen atoms in total. The highest BCUT2D eigenvalue weighted by atomic mass is 32.2. The van der Waals surface area contributed by atoms with Gasteiger partial charge in [0.05, 0.1) is 0 Å². The number of benzene rings is 1. The second-order valence-corrected chi connectivity index (χ2v) is 4.51. The molecule has 0 bridgehead atoms. The molecule has 1 amide bonds. The summed E-state index contributed by atoms with van der Waals surface area (Å²) in [7, 11) is 0. The van der Waals surface area contributed by atoms with Crippen molar-refractivity contribution in [1.82, 2.24) is 4.90 Å². The quantitative estimate of drug-likeness (QED) is 0.653. The first kappa shape index (κ1) is 8.17. The molecule has 0 aliphatic carbocycles. The van der Waals surface area contributed by atoms with Crippen LogP contribution in [-0.2, 0) is 0 Å². The van der Waals surface area contributed by atoms with Gasteiger partial charge in [0, 0.05) is 17.9 Å². The van der Waals surface area contributed by atoms with E-state index >= 15 is 0 Å². The molecule has 1 atom stereocenters. The van der Waals surface area contributed by atoms with Gasteiger partial charge in [0.15, 0.2) is 0 Å². The number of para-hydroxylation sites is 1. The molecular formula is C10H9NO2S. The first-order valence-electron chi connectivity index (χ1n) is 4.55. The summed E-state index contributed by atoms with van der Waals surface area (Å²) in [6.45, 7) is 0.794. The van der Waals surface area contributed by atoms with Crippen LogP contribution in [0.25, 0.3) is 0 Å². The van der Waals surface area contributed by atoms with Gasteiger partial charge in [-0.1, -0.05) is 18.2 Å². The van der Waals surface area contributed by atoms with E-state index < -0.39 is 0 Å². The third-order valence-electron chi connectivity index (χ3n) is 2.51. The van der Waals surface area contributed by atoms with E-state index in [9.17, 15) is 4.79 Å². The molecule has 0 N–H and O–H groups in total. The van der Waals surface area contributed by atoms with Crippen LogP contribution in [0.2, 0.25) is 0 Å². The summed E-state index contributed by atoms with van der Waals surface area (Å²) < 4.78 is 5.22. The number of carbonyl (C=O) groups excluding carboxylic acids is 1. The molecule has 0 spiro atoms. The van der Waals surface area contributed by atoms with E-state index in [0.717, 1.165) is 17.9 Å². The van der Waals surface area contributed by atoms with Crippen molar-refractivity contribution in [3.63, 3.8) is 0 Å². The molecule has 2 aliphatic rings. The smallest absolute Gasteiger partial charge is 0.410 e. The molecule has 1 saturated heterocycles. The van der Waals surface area contributed by atoms with Gasteiger partial charge >= 0.3 is 6.09 Å². The maximum absolute atomic E-state index is 11.5. The van der Waals surface area contributed by atoms with Crippen LogP contribution in [-0.4, -0.2) is 23.3 Å². The average molecular weight is 207 g/mol. The Morgan fingerprint density at radius 2 is 2.29 bits per heavy atom. The highest BCUT2D eigenvalue weighted by Crippen LogP contribution is 2.44. The van der Waals surface area contributed by atoms with E-state index in [1.54, 1.807) is 16.7 Å². The van der Waals surface area contributed by atoms with E-state index in [1.807, 2.05) is 24.3 Å². The SMILES string of the molecule is O=C1Oc2ccccc2C2SCCN12. The first-order valence-corrected chi connectivity index (χ1v) is 5.60. The van der Waals surface area contributed by atoms with Crippen molar-refractivity contribution in [2.24, 2.45) is 0 Å². The second-order valence-electron chi connectivity index (χ2n) is 3.32. The highest BCUT2D eigenvalue weighted by molar-refractivity contribution is 7.99. The lowest BCUT2D eigenvalue weighted by atomic mass is 10.1. The van der Waals surface area contributed by atoms with Crippen molar-refractivity contribution in [2.45, 2.75) is 5.37 Å². The average Bonchev–Trinajstić information content (AvgIpc) is 2.67. The second kappa shape index (κ2) is 2.92. The third-order valence-corrected chi connectivity index (χ3v) is 3.75. The zero-order chi connectivity index (χ0) is 9.54. The van der Waals surface area contributed by atoms with E-state index in [-0.39, 0.29) is 11.5 Å². The predicted molar refractivity (Wildman–Crippen MR) is 54.4 cm³/mol. The maximum atomic E-state index is 11.5. The molecule has 72 valence electrons. The maximum Gasteiger partial charge on any atom is 0.416 e. The van der Waals surface area contributed by atoms with Crippen LogP contribution >= 0.6 is 11.8 Å². The van der Waals surface area contributed by atoms with Crippen LogP contribution in [0.15, 0.2) is 24.3 Å². The van der Waals surface area contributed by atoms with Crippen LogP contribution < -0.4 is 4.74 Å². The van der Waals surface area contributed by atoms with Gasteiger partial charge in [-0.25, -0.2) is 4.79 Å². The Labute approximate surface area is 86.0 Å². The number of rotatable bonds is 0. The molecule has 0 saturated carbocycles. The van der Waals surface area contributed by atoms with Gasteiger partial charge in [-0.2, -0.15) is 0 Å². The standard InChI is InChI=1S/C10H9NO2S/c12-10-11-5-6-14-9(11)7-3-1-2-4-8(7)13-10/h1-4,9H,5-6H2. The third kappa shape index (κ3) is 1.04. The summed E-state index contributed by atoms with van der Waals surface area (Å²) in [5.74, 6) is 1.71. The number of nitrogens with zero attached hydrogens (tertiary/aromatic N) is 1. The molecule has 4 heteroatoms. The zero-order valence-electron chi connectivity index (χ0n) is 7.47. The van der Waals surface area contributed by atoms with Crippen LogP contribution in [0.4, 0.5) is 4.79 Å². The van der Waals surface area contributed by atoms with Gasteiger partial charge in [0.2, 0.25) is 0 Å². The summed E-state index contributed by atoms with van der Waals surface area (Å²) in [4.78, 5) is 13.3. The predicted octanol–water partition coefficient (Wildman–Crippen LogP) is 2.25. The van der Waals surface area contributed by atoms with Gasteiger partial charge in [-0.15, -0.1) is 11.8 Å². The van der Waals surface area contributed by atoms with Crippen molar-refractivity contribution in [2.75, 3.05) is 12.3 Å². The fourth-order valence-corrected chi connectivity index (χ4v) is 3.12. The lowest BCUT2D eigenvalue weighted by molar-refractivity contribution is 0.143. The molecule has 0 radical (unpaired) electrons. The molecule has 0 aromatic heterocycles. The number of hydrogen-bond donors (Lipinski definition) is 0. The summed E-state index contributed by atoms with van der Waals surface area (Å²) in [5, 5.41) is 0.174. The molecule has 2 heterocycles. The molecule has 1 aromatic carbocycles. The van der Waals surface area contributed by atoms with Gasteiger partial charge in [-0.05, 0) is 6.07 Å². The van der Waals surface area contributed by atoms with Crippen molar-refractivity contribution in [3.05, 3.63) is 29.8 Å². The van der Waals surface area contributed by atoms with E-state index in [0.29, 0.717) is 5.75 Å². The number of ether oxygens (including phenoxy) is 1. The Bertz CT molecular complexity index is 393. The minimum absolute atomic E-state index is 0.174. The van der Waals surface area contributed by atoms with E-state index in [4.69, 9.17) is 4.74 Å². The summed E-state index contributed by atoms with van der Waals surface area (Å²) >= 11 is 1.80. The fourth-order valence-electron chi connectivity index (χ4n) is 1.84. The number of carbonyl (C=O) groups is 1. The minimum atomic E-state index is -0.210. The number of fused-ring (bicyclic) bond motifs is 3. The monoisotopic (exact) mass is 207 g/mol. The van der Waals surface area contributed by atoms with E-state index in [2.05, 4.69) is 0 Å². The number of hydrogen-bond acceptors (Lipinski definition) is 3. The van der Waals surface area contributed by atoms with Crippen LogP contribution in [0.5, 0.6) is 5.75 Å². The van der Waals surface area contributed by atoms with Crippen molar-refractivity contribution >= 4 is 17.9 Å². The minimum Gasteiger partial charge on any atom is -0.410 e. The van der Waals surface area contributed by atoms with Gasteiger partial charge in [-0.3, -0.25) is 4.90 Å². The Kier molecular flexibility index (Phi) is 1.70. The van der Waals surface area contributed by atoms with Crippen molar-refractivity contribution in [3.8, 4) is 5.75 Å². The first-order chi connectivity index (χ1) is 6.86.